The average Bonchev–Trinajstić information content (AvgIpc) is 2.29. The lowest BCUT2D eigenvalue weighted by Crippen LogP contribution is -2.24. The molecule has 2 N–H and O–H groups in total. The second kappa shape index (κ2) is 6.14. The molecule has 0 radical (unpaired) electrons. The molecule has 1 aromatic carbocycles. The molecule has 0 saturated heterocycles. The fourth-order valence-corrected chi connectivity index (χ4v) is 2.54. The van der Waals surface area contributed by atoms with Gasteiger partial charge in [-0.2, -0.15) is 0 Å². The van der Waals surface area contributed by atoms with Crippen LogP contribution in [-0.4, -0.2) is 20.1 Å². The Labute approximate surface area is 103 Å². The smallest absolute Gasteiger partial charge is 0.240 e. The zero-order valence-corrected chi connectivity index (χ0v) is 11.0. The first-order chi connectivity index (χ1) is 7.97. The van der Waals surface area contributed by atoms with Gasteiger partial charge < -0.3 is 5.11 Å². The number of unbranched alkanes of at least 4 members (excludes halogenated alkanes) is 1. The van der Waals surface area contributed by atoms with Crippen LogP contribution in [0.5, 0.6) is 0 Å². The Bertz CT molecular complexity index is 455. The summed E-state index contributed by atoms with van der Waals surface area (Å²) in [6.45, 7) is 4.05. The zero-order valence-electron chi connectivity index (χ0n) is 10.2. The van der Waals surface area contributed by atoms with Crippen molar-refractivity contribution in [3.63, 3.8) is 0 Å². The van der Waals surface area contributed by atoms with E-state index in [1.807, 2.05) is 6.92 Å². The number of rotatable bonds is 6. The third-order valence-electron chi connectivity index (χ3n) is 2.47. The van der Waals surface area contributed by atoms with Crippen molar-refractivity contribution in [2.75, 3.05) is 6.54 Å². The number of aliphatic hydroxyl groups excluding tert-OH is 1. The van der Waals surface area contributed by atoms with Crippen LogP contribution >= 0.6 is 0 Å². The van der Waals surface area contributed by atoms with Crippen molar-refractivity contribution in [2.45, 2.75) is 37.7 Å². The van der Waals surface area contributed by atoms with Gasteiger partial charge in [-0.25, -0.2) is 13.1 Å². The van der Waals surface area contributed by atoms with E-state index in [-0.39, 0.29) is 4.90 Å². The van der Waals surface area contributed by atoms with Gasteiger partial charge in [0.2, 0.25) is 10.0 Å². The van der Waals surface area contributed by atoms with Gasteiger partial charge in [-0.1, -0.05) is 25.5 Å². The van der Waals surface area contributed by atoms with Gasteiger partial charge in [0.25, 0.3) is 0 Å². The van der Waals surface area contributed by atoms with E-state index in [2.05, 4.69) is 4.72 Å². The molecule has 0 aromatic heterocycles. The minimum Gasteiger partial charge on any atom is -0.389 e. The lowest BCUT2D eigenvalue weighted by molar-refractivity contribution is 0.199. The molecule has 0 aliphatic heterocycles. The monoisotopic (exact) mass is 257 g/mol. The fraction of sp³-hybridized carbons (Fsp3) is 0.500. The van der Waals surface area contributed by atoms with E-state index in [1.165, 1.54) is 12.1 Å². The SMILES string of the molecule is CCCCNS(=O)(=O)c1cccc(C(C)O)c1. The second-order valence-corrected chi connectivity index (χ2v) is 5.77. The molecular formula is C12H19NO3S. The second-order valence-electron chi connectivity index (χ2n) is 4.00. The van der Waals surface area contributed by atoms with Crippen molar-refractivity contribution in [3.8, 4) is 0 Å². The van der Waals surface area contributed by atoms with Crippen LogP contribution in [0.25, 0.3) is 0 Å². The Balaban J connectivity index is 2.87. The highest BCUT2D eigenvalue weighted by atomic mass is 32.2. The Morgan fingerprint density at radius 2 is 2.12 bits per heavy atom. The van der Waals surface area contributed by atoms with Crippen molar-refractivity contribution < 1.29 is 13.5 Å². The van der Waals surface area contributed by atoms with Crippen LogP contribution < -0.4 is 4.72 Å². The lowest BCUT2D eigenvalue weighted by atomic mass is 10.1. The first-order valence-electron chi connectivity index (χ1n) is 5.75. The topological polar surface area (TPSA) is 66.4 Å². The Kier molecular flexibility index (Phi) is 5.11. The van der Waals surface area contributed by atoms with Crippen molar-refractivity contribution in [2.24, 2.45) is 0 Å². The van der Waals surface area contributed by atoms with Gasteiger partial charge in [-0.05, 0) is 31.0 Å². The van der Waals surface area contributed by atoms with Crippen LogP contribution in [0.3, 0.4) is 0 Å². The zero-order chi connectivity index (χ0) is 12.9. The minimum absolute atomic E-state index is 0.201. The summed E-state index contributed by atoms with van der Waals surface area (Å²) in [5.41, 5.74) is 0.600. The van der Waals surface area contributed by atoms with Gasteiger partial charge in [0, 0.05) is 6.54 Å². The number of aliphatic hydroxyl groups is 1. The molecule has 1 atom stereocenters. The van der Waals surface area contributed by atoms with E-state index < -0.39 is 16.1 Å². The van der Waals surface area contributed by atoms with Gasteiger partial charge in [-0.3, -0.25) is 0 Å². The van der Waals surface area contributed by atoms with E-state index in [4.69, 9.17) is 0 Å². The maximum absolute atomic E-state index is 11.9. The molecule has 4 nitrogen and oxygen atoms in total. The van der Waals surface area contributed by atoms with Crippen LogP contribution in [0.15, 0.2) is 29.2 Å². The Morgan fingerprint density at radius 3 is 2.71 bits per heavy atom. The average molecular weight is 257 g/mol. The molecule has 0 spiro atoms. The molecule has 0 bridgehead atoms. The van der Waals surface area contributed by atoms with E-state index in [9.17, 15) is 13.5 Å². The minimum atomic E-state index is -3.45. The molecule has 1 aromatic rings. The molecule has 0 saturated carbocycles. The number of hydrogen-bond acceptors (Lipinski definition) is 3. The lowest BCUT2D eigenvalue weighted by Gasteiger charge is -2.09. The van der Waals surface area contributed by atoms with Crippen molar-refractivity contribution in [3.05, 3.63) is 29.8 Å². The summed E-state index contributed by atoms with van der Waals surface area (Å²) in [5, 5.41) is 9.41. The molecule has 17 heavy (non-hydrogen) atoms. The summed E-state index contributed by atoms with van der Waals surface area (Å²) >= 11 is 0. The summed E-state index contributed by atoms with van der Waals surface area (Å²) in [5.74, 6) is 0. The number of nitrogens with one attached hydrogen (secondary N) is 1. The van der Waals surface area contributed by atoms with E-state index in [0.717, 1.165) is 12.8 Å². The van der Waals surface area contributed by atoms with Gasteiger partial charge in [0.05, 0.1) is 11.0 Å². The first kappa shape index (κ1) is 14.2. The summed E-state index contributed by atoms with van der Waals surface area (Å²) in [4.78, 5) is 0.201. The standard InChI is InChI=1S/C12H19NO3S/c1-3-4-8-13-17(15,16)12-7-5-6-11(9-12)10(2)14/h5-7,9-10,13-14H,3-4,8H2,1-2H3. The molecule has 96 valence electrons. The molecule has 1 unspecified atom stereocenters. The van der Waals surface area contributed by atoms with E-state index in [1.54, 1.807) is 19.1 Å². The van der Waals surface area contributed by atoms with Crippen LogP contribution in [0.2, 0.25) is 0 Å². The molecule has 0 amide bonds. The highest BCUT2D eigenvalue weighted by Gasteiger charge is 2.14. The van der Waals surface area contributed by atoms with Crippen LogP contribution in [0.1, 0.15) is 38.4 Å². The maximum atomic E-state index is 11.9. The Morgan fingerprint density at radius 1 is 1.41 bits per heavy atom. The first-order valence-corrected chi connectivity index (χ1v) is 7.23. The predicted octanol–water partition coefficient (Wildman–Crippen LogP) is 1.82. The summed E-state index contributed by atoms with van der Waals surface area (Å²) in [7, 11) is -3.45. The van der Waals surface area contributed by atoms with Crippen molar-refractivity contribution in [1.82, 2.24) is 4.72 Å². The molecule has 0 aliphatic rings. The largest absolute Gasteiger partial charge is 0.389 e. The van der Waals surface area contributed by atoms with Gasteiger partial charge >= 0.3 is 0 Å². The normalized spacial score (nSPS) is 13.6. The van der Waals surface area contributed by atoms with Crippen molar-refractivity contribution >= 4 is 10.0 Å². The maximum Gasteiger partial charge on any atom is 0.240 e. The highest BCUT2D eigenvalue weighted by Crippen LogP contribution is 2.16. The predicted molar refractivity (Wildman–Crippen MR) is 67.2 cm³/mol. The quantitative estimate of drug-likeness (QED) is 0.764. The van der Waals surface area contributed by atoms with Crippen LogP contribution in [-0.2, 0) is 10.0 Å². The molecular weight excluding hydrogens is 238 g/mol. The molecule has 5 heteroatoms. The number of hydrogen-bond donors (Lipinski definition) is 2. The number of sulfonamides is 1. The summed E-state index contributed by atoms with van der Waals surface area (Å²) in [6, 6.07) is 6.37. The van der Waals surface area contributed by atoms with Gasteiger partial charge in [0.15, 0.2) is 0 Å². The fourth-order valence-electron chi connectivity index (χ4n) is 1.41. The molecule has 1 rings (SSSR count). The third-order valence-corrected chi connectivity index (χ3v) is 3.93. The summed E-state index contributed by atoms with van der Waals surface area (Å²) < 4.78 is 26.3. The van der Waals surface area contributed by atoms with Gasteiger partial charge in [0.1, 0.15) is 0 Å². The van der Waals surface area contributed by atoms with Crippen molar-refractivity contribution in [1.29, 1.82) is 0 Å². The highest BCUT2D eigenvalue weighted by molar-refractivity contribution is 7.89. The molecule has 0 heterocycles. The van der Waals surface area contributed by atoms with Crippen LogP contribution in [0, 0.1) is 0 Å². The Hall–Kier alpha value is -0.910. The van der Waals surface area contributed by atoms with E-state index in [0.29, 0.717) is 12.1 Å². The van der Waals surface area contributed by atoms with Gasteiger partial charge in [-0.15, -0.1) is 0 Å². The number of benzene rings is 1. The molecule has 0 fully saturated rings. The third kappa shape index (κ3) is 4.11. The molecule has 0 aliphatic carbocycles. The van der Waals surface area contributed by atoms with Crippen LogP contribution in [0.4, 0.5) is 0 Å². The summed E-state index contributed by atoms with van der Waals surface area (Å²) in [6.07, 6.45) is 1.09. The van der Waals surface area contributed by atoms with E-state index >= 15 is 0 Å².